The molecule has 1 aromatic carbocycles. The second kappa shape index (κ2) is 3.03. The van der Waals surface area contributed by atoms with Crippen molar-refractivity contribution in [3.05, 3.63) is 30.9 Å². The Hall–Kier alpha value is -1.22. The molecule has 0 aliphatic carbocycles. The third-order valence-corrected chi connectivity index (χ3v) is 1.71. The maximum Gasteiger partial charge on any atom is 0.231 e. The monoisotopic (exact) mass is 165 g/mol. The fourth-order valence-electron chi connectivity index (χ4n) is 1.15. The van der Waals surface area contributed by atoms with Crippen LogP contribution in [0.15, 0.2) is 18.2 Å². The molecule has 63 valence electrons. The highest BCUT2D eigenvalue weighted by Gasteiger charge is 2.12. The van der Waals surface area contributed by atoms with Crippen LogP contribution in [0.4, 0.5) is 0 Å². The smallest absolute Gasteiger partial charge is 0.231 e. The molecular weight excluding hydrogens is 156 g/mol. The normalized spacial score (nSPS) is 13.4. The van der Waals surface area contributed by atoms with Crippen LogP contribution in [0.25, 0.3) is 0 Å². The number of rotatable bonds is 2. The second-order valence-electron chi connectivity index (χ2n) is 2.54. The van der Waals surface area contributed by atoms with Crippen molar-refractivity contribution in [1.82, 2.24) is 0 Å². The Morgan fingerprint density at radius 1 is 1.33 bits per heavy atom. The minimum atomic E-state index is 0.310. The molecule has 0 aromatic heterocycles. The molecule has 12 heavy (non-hydrogen) atoms. The largest absolute Gasteiger partial charge is 0.454 e. The third-order valence-electron chi connectivity index (χ3n) is 1.71. The summed E-state index contributed by atoms with van der Waals surface area (Å²) in [7, 11) is 3.30. The van der Waals surface area contributed by atoms with Crippen molar-refractivity contribution in [2.24, 2.45) is 0 Å². The molecule has 1 aliphatic rings. The molecule has 3 heteroatoms. The van der Waals surface area contributed by atoms with Gasteiger partial charge in [0, 0.05) is 0 Å². The number of ether oxygens (including phenoxy) is 3. The van der Waals surface area contributed by atoms with Gasteiger partial charge in [-0.05, 0) is 17.7 Å². The van der Waals surface area contributed by atoms with Gasteiger partial charge in [0.25, 0.3) is 0 Å². The molecule has 0 atom stereocenters. The maximum atomic E-state index is 5.19. The van der Waals surface area contributed by atoms with Crippen molar-refractivity contribution in [2.75, 3.05) is 6.79 Å². The predicted octanol–water partition coefficient (Wildman–Crippen LogP) is 1.72. The van der Waals surface area contributed by atoms with E-state index in [-0.39, 0.29) is 0 Å². The molecule has 1 aliphatic heterocycles. The fraction of sp³-hybridized carbons (Fsp3) is 0.222. The molecule has 0 amide bonds. The Morgan fingerprint density at radius 3 is 3.00 bits per heavy atom. The first-order valence-corrected chi connectivity index (χ1v) is 3.65. The molecule has 0 unspecified atom stereocenters. The second-order valence-corrected chi connectivity index (χ2v) is 2.54. The number of fused-ring (bicyclic) bond motifs is 1. The van der Waals surface area contributed by atoms with Crippen LogP contribution in [-0.2, 0) is 11.3 Å². The molecular formula is C9H9O3. The number of benzene rings is 1. The standard InChI is InChI=1S/C9H9O3/c1-10-5-7-2-3-8-9(4-7)12-6-11-8/h2-4H,1,5-6H2. The van der Waals surface area contributed by atoms with Gasteiger partial charge in [0.05, 0.1) is 13.7 Å². The van der Waals surface area contributed by atoms with Crippen LogP contribution < -0.4 is 9.47 Å². The van der Waals surface area contributed by atoms with Crippen LogP contribution in [0.5, 0.6) is 11.5 Å². The Kier molecular flexibility index (Phi) is 1.87. The third kappa shape index (κ3) is 1.23. The lowest BCUT2D eigenvalue weighted by Gasteiger charge is -2.00. The van der Waals surface area contributed by atoms with Crippen molar-refractivity contribution in [3.63, 3.8) is 0 Å². The molecule has 1 heterocycles. The van der Waals surface area contributed by atoms with Crippen LogP contribution in [-0.4, -0.2) is 6.79 Å². The molecule has 3 nitrogen and oxygen atoms in total. The topological polar surface area (TPSA) is 27.7 Å². The molecule has 0 bridgehead atoms. The summed E-state index contributed by atoms with van der Waals surface area (Å²) in [6.07, 6.45) is 0. The zero-order chi connectivity index (χ0) is 8.39. The summed E-state index contributed by atoms with van der Waals surface area (Å²) >= 11 is 0. The zero-order valence-electron chi connectivity index (χ0n) is 6.58. The summed E-state index contributed by atoms with van der Waals surface area (Å²) in [5.74, 6) is 1.58. The first-order valence-electron chi connectivity index (χ1n) is 3.65. The summed E-state index contributed by atoms with van der Waals surface area (Å²) in [6, 6.07) is 5.70. The predicted molar refractivity (Wildman–Crippen MR) is 42.7 cm³/mol. The molecule has 0 spiro atoms. The average Bonchev–Trinajstić information content (AvgIpc) is 2.51. The van der Waals surface area contributed by atoms with Gasteiger partial charge in [-0.1, -0.05) is 6.07 Å². The zero-order valence-corrected chi connectivity index (χ0v) is 6.58. The van der Waals surface area contributed by atoms with E-state index in [0.717, 1.165) is 17.1 Å². The molecule has 1 aromatic rings. The highest BCUT2D eigenvalue weighted by Crippen LogP contribution is 2.32. The highest BCUT2D eigenvalue weighted by atomic mass is 16.7. The molecule has 0 saturated heterocycles. The average molecular weight is 165 g/mol. The first kappa shape index (κ1) is 7.43. The van der Waals surface area contributed by atoms with E-state index in [9.17, 15) is 0 Å². The van der Waals surface area contributed by atoms with E-state index in [1.54, 1.807) is 0 Å². The van der Waals surface area contributed by atoms with E-state index in [1.165, 1.54) is 0 Å². The van der Waals surface area contributed by atoms with Gasteiger partial charge in [-0.15, -0.1) is 0 Å². The Bertz CT molecular complexity index is 283. The van der Waals surface area contributed by atoms with Gasteiger partial charge in [0.1, 0.15) is 0 Å². The number of hydrogen-bond acceptors (Lipinski definition) is 3. The molecule has 2 rings (SSSR count). The van der Waals surface area contributed by atoms with Gasteiger partial charge in [0.2, 0.25) is 6.79 Å². The summed E-state index contributed by atoms with van der Waals surface area (Å²) < 4.78 is 15.1. The summed E-state index contributed by atoms with van der Waals surface area (Å²) in [6.45, 7) is 0.806. The Labute approximate surface area is 70.9 Å². The van der Waals surface area contributed by atoms with Crippen LogP contribution in [0.3, 0.4) is 0 Å². The number of hydrogen-bond donors (Lipinski definition) is 0. The highest BCUT2D eigenvalue weighted by molar-refractivity contribution is 5.44. The van der Waals surface area contributed by atoms with Gasteiger partial charge >= 0.3 is 0 Å². The lowest BCUT2D eigenvalue weighted by molar-refractivity contribution is 0.173. The minimum absolute atomic E-state index is 0.310. The van der Waals surface area contributed by atoms with E-state index in [1.807, 2.05) is 18.2 Å². The van der Waals surface area contributed by atoms with Crippen LogP contribution in [0.1, 0.15) is 5.56 Å². The minimum Gasteiger partial charge on any atom is -0.454 e. The molecule has 1 radical (unpaired) electrons. The first-order chi connectivity index (χ1) is 5.90. The van der Waals surface area contributed by atoms with Crippen LogP contribution >= 0.6 is 0 Å². The van der Waals surface area contributed by atoms with Crippen molar-refractivity contribution in [3.8, 4) is 11.5 Å². The molecule has 0 N–H and O–H groups in total. The van der Waals surface area contributed by atoms with E-state index in [0.29, 0.717) is 13.4 Å². The Morgan fingerprint density at radius 2 is 2.17 bits per heavy atom. The van der Waals surface area contributed by atoms with Gasteiger partial charge in [-0.3, -0.25) is 0 Å². The summed E-state index contributed by atoms with van der Waals surface area (Å²) in [5.41, 5.74) is 1.04. The summed E-state index contributed by atoms with van der Waals surface area (Å²) in [5, 5.41) is 0. The Balaban J connectivity index is 2.26. The quantitative estimate of drug-likeness (QED) is 0.667. The lowest BCUT2D eigenvalue weighted by atomic mass is 10.2. The van der Waals surface area contributed by atoms with Crippen molar-refractivity contribution in [2.45, 2.75) is 6.61 Å². The fourth-order valence-corrected chi connectivity index (χ4v) is 1.15. The van der Waals surface area contributed by atoms with E-state index >= 15 is 0 Å². The van der Waals surface area contributed by atoms with Gasteiger partial charge in [0.15, 0.2) is 11.5 Å². The molecule has 0 saturated carbocycles. The van der Waals surface area contributed by atoms with Crippen molar-refractivity contribution >= 4 is 0 Å². The SMILES string of the molecule is [CH2]OCc1ccc2c(c1)OCO2. The lowest BCUT2D eigenvalue weighted by Crippen LogP contribution is -1.92. The maximum absolute atomic E-state index is 5.19. The van der Waals surface area contributed by atoms with Crippen LogP contribution in [0.2, 0.25) is 0 Å². The van der Waals surface area contributed by atoms with Crippen molar-refractivity contribution < 1.29 is 14.2 Å². The van der Waals surface area contributed by atoms with E-state index < -0.39 is 0 Å². The van der Waals surface area contributed by atoms with Crippen LogP contribution in [0, 0.1) is 7.11 Å². The van der Waals surface area contributed by atoms with Gasteiger partial charge < -0.3 is 14.2 Å². The summed E-state index contributed by atoms with van der Waals surface area (Å²) in [4.78, 5) is 0. The van der Waals surface area contributed by atoms with Crippen molar-refractivity contribution in [1.29, 1.82) is 0 Å². The van der Waals surface area contributed by atoms with Gasteiger partial charge in [-0.25, -0.2) is 0 Å². The van der Waals surface area contributed by atoms with E-state index in [2.05, 4.69) is 7.11 Å². The van der Waals surface area contributed by atoms with E-state index in [4.69, 9.17) is 14.2 Å². The molecule has 0 fully saturated rings. The van der Waals surface area contributed by atoms with Gasteiger partial charge in [-0.2, -0.15) is 0 Å².